The van der Waals surface area contributed by atoms with Crippen LogP contribution in [0.1, 0.15) is 40.4 Å². The highest BCUT2D eigenvalue weighted by atomic mass is 19.4. The highest BCUT2D eigenvalue weighted by molar-refractivity contribution is 6.66. The number of cyclic esters (lactones) is 1. The first kappa shape index (κ1) is 29.2. The third kappa shape index (κ3) is 8.25. The van der Waals surface area contributed by atoms with Gasteiger partial charge in [-0.1, -0.05) is 54.6 Å². The Morgan fingerprint density at radius 1 is 1.03 bits per heavy atom. The summed E-state index contributed by atoms with van der Waals surface area (Å²) in [5.41, 5.74) is 1.20. The average Bonchev–Trinajstić information content (AvgIpc) is 2.82. The molecule has 0 spiro atoms. The lowest BCUT2D eigenvalue weighted by molar-refractivity contribution is -0.182. The minimum absolute atomic E-state index is 0.0856. The van der Waals surface area contributed by atoms with Gasteiger partial charge in [-0.05, 0) is 42.7 Å². The summed E-state index contributed by atoms with van der Waals surface area (Å²) in [4.78, 5) is 47.8. The van der Waals surface area contributed by atoms with E-state index in [-0.39, 0.29) is 17.7 Å². The fourth-order valence-corrected chi connectivity index (χ4v) is 3.35. The molecule has 1 aliphatic heterocycles. The maximum absolute atomic E-state index is 13.4. The third-order valence-corrected chi connectivity index (χ3v) is 5.23. The van der Waals surface area contributed by atoms with Crippen LogP contribution < -0.4 is 0 Å². The van der Waals surface area contributed by atoms with Crippen molar-refractivity contribution in [2.45, 2.75) is 39.2 Å². The van der Waals surface area contributed by atoms with E-state index in [1.165, 1.54) is 24.3 Å². The Balaban J connectivity index is 0.000000510. The molecule has 1 aliphatic rings. The number of hydrogen-bond acceptors (Lipinski definition) is 7. The zero-order chi connectivity index (χ0) is 27.8. The van der Waals surface area contributed by atoms with Crippen molar-refractivity contribution in [2.24, 2.45) is 5.92 Å². The van der Waals surface area contributed by atoms with Gasteiger partial charge in [0.1, 0.15) is 23.3 Å². The molecule has 37 heavy (non-hydrogen) atoms. The molecule has 0 aromatic heterocycles. The van der Waals surface area contributed by atoms with E-state index in [2.05, 4.69) is 0 Å². The Morgan fingerprint density at radius 3 is 2.24 bits per heavy atom. The Hall–Kier alpha value is -4.05. The molecule has 10 heteroatoms. The van der Waals surface area contributed by atoms with Crippen molar-refractivity contribution in [2.75, 3.05) is 0 Å². The van der Waals surface area contributed by atoms with Gasteiger partial charge in [0.25, 0.3) is 5.78 Å². The molecule has 2 aromatic carbocycles. The average molecular weight is 518 g/mol. The van der Waals surface area contributed by atoms with Crippen LogP contribution in [0.2, 0.25) is 0 Å². The molecule has 0 amide bonds. The first-order chi connectivity index (χ1) is 17.3. The highest BCUT2D eigenvalue weighted by Gasteiger charge is 2.43. The number of Topliss-reactive ketones (excluding diaryl/α,β-unsaturated/α-hetero) is 2. The van der Waals surface area contributed by atoms with Gasteiger partial charge in [0, 0.05) is 6.42 Å². The zero-order valence-corrected chi connectivity index (χ0v) is 20.0. The minimum Gasteiger partial charge on any atom is -0.507 e. The number of alkyl halides is 3. The van der Waals surface area contributed by atoms with E-state index in [0.29, 0.717) is 17.7 Å². The second-order valence-electron chi connectivity index (χ2n) is 8.15. The van der Waals surface area contributed by atoms with Crippen molar-refractivity contribution in [1.82, 2.24) is 0 Å². The molecular formula is C27H25F3O7. The Kier molecular flexibility index (Phi) is 10.1. The number of aliphatic hydroxyl groups excluding tert-OH is 1. The minimum atomic E-state index is -4.90. The number of aromatic hydroxyl groups is 1. The van der Waals surface area contributed by atoms with E-state index in [1.807, 2.05) is 30.3 Å². The lowest BCUT2D eigenvalue weighted by Crippen LogP contribution is -2.34. The number of aryl methyl sites for hydroxylation is 1. The van der Waals surface area contributed by atoms with Crippen molar-refractivity contribution in [3.63, 3.8) is 0 Å². The normalized spacial score (nSPS) is 20.6. The standard InChI is InChI=1S/C20H17F3O6.C7H8O/c1-10-8-12-4-3-5-14(24)18(27)15(25)7-6-13(20(21,22)23)11(2)29-19(28)17(12)16(26)9-10;8-6-7-4-2-1-3-5-7/h3-4,6-9,11,13,26H,5H2,1-2H3;1-5,8H,6H2/b4-3+,7-6-;. The fraction of sp³-hybridized carbons (Fsp3) is 0.259. The van der Waals surface area contributed by atoms with Crippen LogP contribution in [0.5, 0.6) is 5.75 Å². The number of fused-ring (bicyclic) bond motifs is 1. The van der Waals surface area contributed by atoms with Gasteiger partial charge < -0.3 is 14.9 Å². The fourth-order valence-electron chi connectivity index (χ4n) is 3.35. The molecule has 0 saturated carbocycles. The smallest absolute Gasteiger partial charge is 0.398 e. The summed E-state index contributed by atoms with van der Waals surface area (Å²) in [7, 11) is 0. The molecule has 1 heterocycles. The van der Waals surface area contributed by atoms with Crippen LogP contribution in [0, 0.1) is 12.8 Å². The molecule has 0 aliphatic carbocycles. The van der Waals surface area contributed by atoms with Crippen molar-refractivity contribution in [1.29, 1.82) is 0 Å². The first-order valence-electron chi connectivity index (χ1n) is 11.1. The molecule has 0 saturated heterocycles. The van der Waals surface area contributed by atoms with Crippen LogP contribution in [0.3, 0.4) is 0 Å². The van der Waals surface area contributed by atoms with E-state index in [9.17, 15) is 37.5 Å². The number of hydrogen-bond donors (Lipinski definition) is 2. The largest absolute Gasteiger partial charge is 0.507 e. The molecule has 0 fully saturated rings. The predicted octanol–water partition coefficient (Wildman–Crippen LogP) is 4.28. The second kappa shape index (κ2) is 12.8. The SMILES string of the molecule is Cc1cc(O)c2c(c1)/C=C/CC(=O)C(=O)C(=O)/C=C\C(C(F)(F)F)C(C)OC2=O.OCc1ccccc1. The Bertz CT molecular complexity index is 1210. The summed E-state index contributed by atoms with van der Waals surface area (Å²) in [6.07, 6.45) is -4.02. The maximum atomic E-state index is 13.4. The summed E-state index contributed by atoms with van der Waals surface area (Å²) in [6, 6.07) is 12.2. The van der Waals surface area contributed by atoms with Crippen molar-refractivity contribution < 1.29 is 47.3 Å². The summed E-state index contributed by atoms with van der Waals surface area (Å²) >= 11 is 0. The third-order valence-electron chi connectivity index (χ3n) is 5.23. The lowest BCUT2D eigenvalue weighted by atomic mass is 9.98. The molecule has 2 atom stereocenters. The number of benzene rings is 2. The number of rotatable bonds is 1. The van der Waals surface area contributed by atoms with E-state index in [1.54, 1.807) is 6.92 Å². The summed E-state index contributed by atoms with van der Waals surface area (Å²) in [5, 5.41) is 18.7. The van der Waals surface area contributed by atoms with Gasteiger partial charge in [-0.2, -0.15) is 13.2 Å². The van der Waals surface area contributed by atoms with Gasteiger partial charge in [0.2, 0.25) is 11.6 Å². The number of carbonyl (C=O) groups is 4. The number of allylic oxidation sites excluding steroid dienone is 2. The molecule has 2 aromatic rings. The number of phenols is 1. The maximum Gasteiger partial charge on any atom is 0.398 e. The van der Waals surface area contributed by atoms with Crippen LogP contribution >= 0.6 is 0 Å². The van der Waals surface area contributed by atoms with Crippen LogP contribution in [-0.4, -0.2) is 45.8 Å². The summed E-state index contributed by atoms with van der Waals surface area (Å²) in [6.45, 7) is 2.70. The molecule has 196 valence electrons. The van der Waals surface area contributed by atoms with Gasteiger partial charge in [0.15, 0.2) is 0 Å². The molecule has 0 bridgehead atoms. The van der Waals surface area contributed by atoms with Gasteiger partial charge in [-0.3, -0.25) is 14.4 Å². The Morgan fingerprint density at radius 2 is 1.68 bits per heavy atom. The van der Waals surface area contributed by atoms with Crippen LogP contribution in [0.4, 0.5) is 13.2 Å². The number of phenolic OH excluding ortho intramolecular Hbond substituents is 1. The molecule has 0 radical (unpaired) electrons. The topological polar surface area (TPSA) is 118 Å². The monoisotopic (exact) mass is 518 g/mol. The van der Waals surface area contributed by atoms with Crippen LogP contribution in [0.15, 0.2) is 60.7 Å². The second-order valence-corrected chi connectivity index (χ2v) is 8.15. The number of halogens is 3. The molecule has 3 rings (SSSR count). The van der Waals surface area contributed by atoms with Crippen LogP contribution in [0.25, 0.3) is 6.08 Å². The number of carbonyl (C=O) groups excluding carboxylic acids is 4. The van der Waals surface area contributed by atoms with Gasteiger partial charge in [-0.25, -0.2) is 4.79 Å². The molecular weight excluding hydrogens is 493 g/mol. The molecule has 2 N–H and O–H groups in total. The molecule has 2 unspecified atom stereocenters. The quantitative estimate of drug-likeness (QED) is 0.427. The lowest BCUT2D eigenvalue weighted by Gasteiger charge is -2.24. The van der Waals surface area contributed by atoms with Gasteiger partial charge >= 0.3 is 12.1 Å². The van der Waals surface area contributed by atoms with Crippen LogP contribution in [-0.2, 0) is 25.7 Å². The predicted molar refractivity (Wildman–Crippen MR) is 127 cm³/mol. The Labute approximate surface area is 210 Å². The first-order valence-corrected chi connectivity index (χ1v) is 11.1. The highest BCUT2D eigenvalue weighted by Crippen LogP contribution is 2.33. The van der Waals surface area contributed by atoms with Crippen molar-refractivity contribution >= 4 is 29.4 Å². The molecule has 7 nitrogen and oxygen atoms in total. The summed E-state index contributed by atoms with van der Waals surface area (Å²) in [5.74, 6) is -8.10. The van der Waals surface area contributed by atoms with E-state index < -0.39 is 53.7 Å². The van der Waals surface area contributed by atoms with Crippen molar-refractivity contribution in [3.05, 3.63) is 82.9 Å². The van der Waals surface area contributed by atoms with Gasteiger partial charge in [-0.15, -0.1) is 0 Å². The van der Waals surface area contributed by atoms with E-state index >= 15 is 0 Å². The number of esters is 1. The zero-order valence-electron chi connectivity index (χ0n) is 20.0. The number of ketones is 3. The van der Waals surface area contributed by atoms with Crippen molar-refractivity contribution in [3.8, 4) is 5.75 Å². The summed E-state index contributed by atoms with van der Waals surface area (Å²) < 4.78 is 45.0. The van der Waals surface area contributed by atoms with E-state index in [4.69, 9.17) is 9.84 Å². The number of ether oxygens (including phenoxy) is 1. The van der Waals surface area contributed by atoms with E-state index in [0.717, 1.165) is 12.5 Å². The number of aliphatic hydroxyl groups is 1. The van der Waals surface area contributed by atoms with Gasteiger partial charge in [0.05, 0.1) is 6.61 Å².